The predicted molar refractivity (Wildman–Crippen MR) is 76.2 cm³/mol. The zero-order chi connectivity index (χ0) is 13.5. The van der Waals surface area contributed by atoms with Crippen molar-refractivity contribution in [2.24, 2.45) is 5.92 Å². The minimum Gasteiger partial charge on any atom is -0.474 e. The molecule has 0 fully saturated rings. The van der Waals surface area contributed by atoms with Crippen LogP contribution in [0.15, 0.2) is 12.3 Å². The summed E-state index contributed by atoms with van der Waals surface area (Å²) in [7, 11) is 0. The molecule has 1 heterocycles. The fraction of sp³-hybridized carbons (Fsp3) is 0.643. The normalized spacial score (nSPS) is 12.8. The molecule has 1 atom stereocenters. The summed E-state index contributed by atoms with van der Waals surface area (Å²) in [4.78, 5) is 4.21. The average Bonchev–Trinajstić information content (AvgIpc) is 2.33. The predicted octanol–water partition coefficient (Wildman–Crippen LogP) is 3.66. The van der Waals surface area contributed by atoms with Crippen molar-refractivity contribution in [1.82, 2.24) is 10.3 Å². The minimum absolute atomic E-state index is 0.148. The Morgan fingerprint density at radius 2 is 2.11 bits per heavy atom. The van der Waals surface area contributed by atoms with Crippen molar-refractivity contribution in [1.29, 1.82) is 0 Å². The molecule has 0 amide bonds. The molecule has 4 heteroatoms. The van der Waals surface area contributed by atoms with E-state index in [9.17, 15) is 0 Å². The first-order valence-corrected chi connectivity index (χ1v) is 6.94. The highest BCUT2D eigenvalue weighted by Crippen LogP contribution is 2.21. The minimum atomic E-state index is 0.148. The van der Waals surface area contributed by atoms with Crippen molar-refractivity contribution < 1.29 is 4.74 Å². The van der Waals surface area contributed by atoms with Gasteiger partial charge in [0.05, 0.1) is 11.1 Å². The lowest BCUT2D eigenvalue weighted by atomic mass is 10.1. The van der Waals surface area contributed by atoms with Crippen molar-refractivity contribution in [2.75, 3.05) is 6.54 Å². The van der Waals surface area contributed by atoms with E-state index in [1.165, 1.54) is 0 Å². The molecule has 0 bridgehead atoms. The van der Waals surface area contributed by atoms with E-state index in [2.05, 4.69) is 38.0 Å². The largest absolute Gasteiger partial charge is 0.474 e. The third kappa shape index (κ3) is 4.83. The summed E-state index contributed by atoms with van der Waals surface area (Å²) in [6, 6.07) is 1.92. The molecule has 1 N–H and O–H groups in total. The summed E-state index contributed by atoms with van der Waals surface area (Å²) in [5, 5.41) is 4.01. The number of aromatic nitrogens is 1. The fourth-order valence-corrected chi connectivity index (χ4v) is 1.55. The zero-order valence-corrected chi connectivity index (χ0v) is 12.4. The van der Waals surface area contributed by atoms with E-state index in [4.69, 9.17) is 16.3 Å². The molecule has 1 rings (SSSR count). The van der Waals surface area contributed by atoms with Gasteiger partial charge in [-0.15, -0.1) is 0 Å². The summed E-state index contributed by atoms with van der Waals surface area (Å²) < 4.78 is 5.78. The third-order valence-electron chi connectivity index (χ3n) is 2.90. The quantitative estimate of drug-likeness (QED) is 0.768. The van der Waals surface area contributed by atoms with Gasteiger partial charge in [-0.3, -0.25) is 0 Å². The molecule has 0 aliphatic carbocycles. The average molecular weight is 271 g/mol. The van der Waals surface area contributed by atoms with Crippen LogP contribution >= 0.6 is 11.6 Å². The number of hydrogen-bond donors (Lipinski definition) is 1. The van der Waals surface area contributed by atoms with Crippen molar-refractivity contribution in [2.45, 2.75) is 46.8 Å². The molecule has 1 aromatic heterocycles. The first kappa shape index (κ1) is 15.3. The number of pyridine rings is 1. The van der Waals surface area contributed by atoms with E-state index in [0.29, 0.717) is 16.8 Å². The summed E-state index contributed by atoms with van der Waals surface area (Å²) in [6.45, 7) is 10.2. The molecule has 0 saturated heterocycles. The van der Waals surface area contributed by atoms with Crippen LogP contribution in [0.3, 0.4) is 0 Å². The molecule has 0 saturated carbocycles. The molecule has 0 aliphatic rings. The van der Waals surface area contributed by atoms with Crippen LogP contribution in [0, 0.1) is 5.92 Å². The molecule has 0 aliphatic heterocycles. The Balaban J connectivity index is 2.67. The van der Waals surface area contributed by atoms with Gasteiger partial charge >= 0.3 is 0 Å². The van der Waals surface area contributed by atoms with Gasteiger partial charge in [-0.05, 0) is 31.4 Å². The summed E-state index contributed by atoms with van der Waals surface area (Å²) in [5.41, 5.74) is 1.03. The smallest absolute Gasteiger partial charge is 0.213 e. The van der Waals surface area contributed by atoms with Gasteiger partial charge in [-0.25, -0.2) is 4.98 Å². The lowest BCUT2D eigenvalue weighted by Crippen LogP contribution is -2.19. The lowest BCUT2D eigenvalue weighted by Gasteiger charge is -2.18. The molecule has 0 radical (unpaired) electrons. The SMILES string of the molecule is CCCNCc1cc(OC(C)C(C)C)ncc1Cl. The van der Waals surface area contributed by atoms with Gasteiger partial charge in [0.1, 0.15) is 0 Å². The van der Waals surface area contributed by atoms with Crippen LogP contribution in [0.1, 0.15) is 39.7 Å². The van der Waals surface area contributed by atoms with Crippen LogP contribution in [0.5, 0.6) is 5.88 Å². The van der Waals surface area contributed by atoms with E-state index >= 15 is 0 Å². The number of nitrogens with zero attached hydrogens (tertiary/aromatic N) is 1. The maximum Gasteiger partial charge on any atom is 0.213 e. The van der Waals surface area contributed by atoms with Crippen LogP contribution in [0.4, 0.5) is 0 Å². The Hall–Kier alpha value is -0.800. The second-order valence-corrected chi connectivity index (χ2v) is 5.26. The lowest BCUT2D eigenvalue weighted by molar-refractivity contribution is 0.163. The van der Waals surface area contributed by atoms with Gasteiger partial charge in [-0.2, -0.15) is 0 Å². The second kappa shape index (κ2) is 7.59. The number of nitrogens with one attached hydrogen (secondary N) is 1. The number of ether oxygens (including phenoxy) is 1. The maximum absolute atomic E-state index is 6.12. The van der Waals surface area contributed by atoms with E-state index in [0.717, 1.165) is 25.1 Å². The Bertz CT molecular complexity index is 369. The van der Waals surface area contributed by atoms with Crippen molar-refractivity contribution in [3.8, 4) is 5.88 Å². The molecule has 3 nitrogen and oxygen atoms in total. The summed E-state index contributed by atoms with van der Waals surface area (Å²) >= 11 is 6.12. The van der Waals surface area contributed by atoms with Crippen molar-refractivity contribution in [3.63, 3.8) is 0 Å². The number of rotatable bonds is 7. The van der Waals surface area contributed by atoms with Gasteiger partial charge in [0.25, 0.3) is 0 Å². The monoisotopic (exact) mass is 270 g/mol. The Kier molecular flexibility index (Phi) is 6.44. The van der Waals surface area contributed by atoms with E-state index in [1.54, 1.807) is 6.20 Å². The second-order valence-electron chi connectivity index (χ2n) is 4.86. The first-order valence-electron chi connectivity index (χ1n) is 6.56. The highest BCUT2D eigenvalue weighted by atomic mass is 35.5. The standard InChI is InChI=1S/C14H23ClN2O/c1-5-6-16-8-12-7-14(17-9-13(12)15)18-11(4)10(2)3/h7,9-11,16H,5-6,8H2,1-4H3. The molecule has 0 spiro atoms. The van der Waals surface area contributed by atoms with Crippen LogP contribution in [-0.2, 0) is 6.54 Å². The van der Waals surface area contributed by atoms with Crippen LogP contribution in [0.2, 0.25) is 5.02 Å². The van der Waals surface area contributed by atoms with Gasteiger partial charge in [-0.1, -0.05) is 32.4 Å². The Morgan fingerprint density at radius 3 is 2.72 bits per heavy atom. The summed E-state index contributed by atoms with van der Waals surface area (Å²) in [5.74, 6) is 1.11. The van der Waals surface area contributed by atoms with Gasteiger partial charge in [0.15, 0.2) is 0 Å². The van der Waals surface area contributed by atoms with E-state index in [-0.39, 0.29) is 6.10 Å². The Morgan fingerprint density at radius 1 is 1.39 bits per heavy atom. The van der Waals surface area contributed by atoms with Crippen LogP contribution < -0.4 is 10.1 Å². The summed E-state index contributed by atoms with van der Waals surface area (Å²) in [6.07, 6.45) is 2.92. The first-order chi connectivity index (χ1) is 8.54. The molecule has 1 aromatic rings. The van der Waals surface area contributed by atoms with Gasteiger partial charge < -0.3 is 10.1 Å². The van der Waals surface area contributed by atoms with Crippen LogP contribution in [-0.4, -0.2) is 17.6 Å². The van der Waals surface area contributed by atoms with Crippen molar-refractivity contribution >= 4 is 11.6 Å². The topological polar surface area (TPSA) is 34.1 Å². The number of halogens is 1. The third-order valence-corrected chi connectivity index (χ3v) is 3.24. The highest BCUT2D eigenvalue weighted by molar-refractivity contribution is 6.31. The van der Waals surface area contributed by atoms with Gasteiger partial charge in [0.2, 0.25) is 5.88 Å². The number of hydrogen-bond acceptors (Lipinski definition) is 3. The van der Waals surface area contributed by atoms with Crippen molar-refractivity contribution in [3.05, 3.63) is 22.8 Å². The zero-order valence-electron chi connectivity index (χ0n) is 11.7. The molecular formula is C14H23ClN2O. The Labute approximate surface area is 115 Å². The maximum atomic E-state index is 6.12. The molecule has 102 valence electrons. The molecule has 0 aromatic carbocycles. The molecular weight excluding hydrogens is 248 g/mol. The highest BCUT2D eigenvalue weighted by Gasteiger charge is 2.11. The van der Waals surface area contributed by atoms with E-state index < -0.39 is 0 Å². The molecule has 18 heavy (non-hydrogen) atoms. The van der Waals surface area contributed by atoms with E-state index in [1.807, 2.05) is 6.07 Å². The fourth-order valence-electron chi connectivity index (χ4n) is 1.38. The van der Waals surface area contributed by atoms with Gasteiger partial charge in [0, 0.05) is 18.8 Å². The molecule has 1 unspecified atom stereocenters. The van der Waals surface area contributed by atoms with Crippen LogP contribution in [0.25, 0.3) is 0 Å².